The molecule has 0 bridgehead atoms. The third-order valence-electron chi connectivity index (χ3n) is 13.7. The van der Waals surface area contributed by atoms with Crippen molar-refractivity contribution in [1.82, 2.24) is 41.7 Å². The Bertz CT molecular complexity index is 2780. The van der Waals surface area contributed by atoms with Gasteiger partial charge in [-0.15, -0.1) is 23.1 Å². The molecule has 0 aliphatic carbocycles. The molecule has 34 heteroatoms. The van der Waals surface area contributed by atoms with Gasteiger partial charge in [-0.1, -0.05) is 18.2 Å². The molecule has 0 spiro atoms. The smallest absolute Gasteiger partial charge is 0.326 e. The van der Waals surface area contributed by atoms with Crippen molar-refractivity contribution in [2.45, 2.75) is 124 Å². The average molecular weight is 1230 g/mol. The number of rotatable bonds is 31. The lowest BCUT2D eigenvalue weighted by Gasteiger charge is -2.33. The normalized spacial score (nSPS) is 19.0. The van der Waals surface area contributed by atoms with E-state index in [9.17, 15) is 63.3 Å². The minimum Gasteiger partial charge on any atom is -0.480 e. The minimum atomic E-state index is -1.69. The van der Waals surface area contributed by atoms with E-state index in [1.54, 1.807) is 41.8 Å². The van der Waals surface area contributed by atoms with Crippen LogP contribution in [-0.4, -0.2) is 215 Å². The van der Waals surface area contributed by atoms with E-state index in [1.165, 1.54) is 28.0 Å². The number of hydrogen-bond acceptors (Lipinski definition) is 18. The average Bonchev–Trinajstić information content (AvgIpc) is 2.96. The van der Waals surface area contributed by atoms with Crippen LogP contribution in [0.1, 0.15) is 62.7 Å². The second-order valence-electron chi connectivity index (χ2n) is 20.2. The van der Waals surface area contributed by atoms with Crippen LogP contribution in [0.3, 0.4) is 0 Å². The highest BCUT2D eigenvalue weighted by atomic mass is 32.2. The Hall–Kier alpha value is -8.34. The van der Waals surface area contributed by atoms with E-state index in [4.69, 9.17) is 40.1 Å². The van der Waals surface area contributed by atoms with Gasteiger partial charge in [-0.05, 0) is 74.9 Å². The molecule has 3 aliphatic heterocycles. The van der Waals surface area contributed by atoms with Crippen LogP contribution < -0.4 is 76.9 Å². The first kappa shape index (κ1) is 67.5. The topological polar surface area (TPSA) is 533 Å². The Kier molecular flexibility index (Phi) is 26.4. The van der Waals surface area contributed by atoms with Crippen molar-refractivity contribution < 1.29 is 63.3 Å². The molecule has 32 nitrogen and oxygen atoms in total. The zero-order valence-corrected chi connectivity index (χ0v) is 48.3. The van der Waals surface area contributed by atoms with E-state index in [2.05, 4.69) is 46.9 Å². The van der Waals surface area contributed by atoms with Crippen LogP contribution in [0.5, 0.6) is 0 Å². The van der Waals surface area contributed by atoms with Gasteiger partial charge in [0, 0.05) is 61.1 Å². The number of para-hydroxylation sites is 1. The molecule has 1 aromatic heterocycles. The molecule has 466 valence electrons. The molecule has 0 unspecified atom stereocenters. The fourth-order valence-corrected chi connectivity index (χ4v) is 11.4. The molecule has 23 N–H and O–H groups in total. The largest absolute Gasteiger partial charge is 0.480 e. The number of nitrogens with zero attached hydrogens (tertiary/aromatic N) is 6. The van der Waals surface area contributed by atoms with Crippen molar-refractivity contribution in [1.29, 1.82) is 0 Å². The van der Waals surface area contributed by atoms with Crippen LogP contribution in [0.2, 0.25) is 0 Å². The van der Waals surface area contributed by atoms with Gasteiger partial charge >= 0.3 is 5.97 Å². The van der Waals surface area contributed by atoms with Crippen molar-refractivity contribution in [2.75, 3.05) is 63.1 Å². The number of carbonyl (C=O) groups is 10. The summed E-state index contributed by atoms with van der Waals surface area (Å²) in [7, 11) is 0. The highest BCUT2D eigenvalue weighted by molar-refractivity contribution is 7.99. The van der Waals surface area contributed by atoms with E-state index >= 15 is 0 Å². The molecule has 2 saturated heterocycles. The van der Waals surface area contributed by atoms with Crippen LogP contribution in [-0.2, 0) is 54.4 Å². The fraction of sp³-hybridized carbons (Fsp3) is 0.549. The van der Waals surface area contributed by atoms with Gasteiger partial charge in [-0.3, -0.25) is 58.1 Å². The van der Waals surface area contributed by atoms with Crippen molar-refractivity contribution in [2.24, 2.45) is 55.1 Å². The van der Waals surface area contributed by atoms with Crippen LogP contribution in [0, 0.1) is 0 Å². The Balaban J connectivity index is 1.22. The van der Waals surface area contributed by atoms with Gasteiger partial charge in [0.2, 0.25) is 47.3 Å². The number of benzene rings is 1. The number of carboxylic acid groups (broad SMARTS) is 1. The van der Waals surface area contributed by atoms with Crippen LogP contribution in [0.25, 0.3) is 0 Å². The number of nitrogens with two attached hydrogens (primary N) is 7. The van der Waals surface area contributed by atoms with Gasteiger partial charge in [0.1, 0.15) is 48.8 Å². The number of aliphatic hydroxyl groups is 2. The summed E-state index contributed by atoms with van der Waals surface area (Å²) in [6.07, 6.45) is 0.126. The number of carbonyl (C=O) groups excluding carboxylic acids is 9. The fourth-order valence-electron chi connectivity index (χ4n) is 9.55. The summed E-state index contributed by atoms with van der Waals surface area (Å²) in [6, 6.07) is -0.417. The van der Waals surface area contributed by atoms with Crippen molar-refractivity contribution >= 4 is 106 Å². The van der Waals surface area contributed by atoms with Gasteiger partial charge < -0.3 is 102 Å². The lowest BCUT2D eigenvalue weighted by molar-refractivity contribution is -0.148. The van der Waals surface area contributed by atoms with E-state index in [0.29, 0.717) is 28.3 Å². The first-order chi connectivity index (χ1) is 40.5. The van der Waals surface area contributed by atoms with Gasteiger partial charge in [-0.25, -0.2) is 4.79 Å². The molecule has 2 aromatic rings. The summed E-state index contributed by atoms with van der Waals surface area (Å²) < 4.78 is 0. The number of thiophene rings is 1. The number of thioether (sulfide) groups is 1. The number of aliphatic imine (C=N–C) groups is 3. The predicted octanol–water partition coefficient (Wildman–Crippen LogP) is -6.51. The van der Waals surface area contributed by atoms with Gasteiger partial charge in [-0.2, -0.15) is 0 Å². The Morgan fingerprint density at radius 1 is 0.718 bits per heavy atom. The van der Waals surface area contributed by atoms with E-state index in [-0.39, 0.29) is 108 Å². The molecular weight excluding hydrogens is 1150 g/mol. The lowest BCUT2D eigenvalue weighted by atomic mass is 10.1. The monoisotopic (exact) mass is 1230 g/mol. The van der Waals surface area contributed by atoms with Crippen molar-refractivity contribution in [3.63, 3.8) is 0 Å². The first-order valence-electron chi connectivity index (χ1n) is 27.3. The van der Waals surface area contributed by atoms with E-state index < -0.39 is 133 Å². The number of aliphatic hydroxyl groups excluding tert-OH is 2. The lowest BCUT2D eigenvalue weighted by Crippen LogP contribution is -2.59. The minimum absolute atomic E-state index is 0.0379. The number of hydrogen-bond donors (Lipinski definition) is 16. The molecule has 4 heterocycles. The highest BCUT2D eigenvalue weighted by Crippen LogP contribution is 2.34. The summed E-state index contributed by atoms with van der Waals surface area (Å²) in [6.45, 7) is -2.06. The quantitative estimate of drug-likeness (QED) is 0.0190. The van der Waals surface area contributed by atoms with Gasteiger partial charge in [0.05, 0.1) is 31.0 Å². The molecule has 5 rings (SSSR count). The third kappa shape index (κ3) is 20.7. The second kappa shape index (κ2) is 33.2. The van der Waals surface area contributed by atoms with Gasteiger partial charge in [0.25, 0.3) is 5.91 Å². The molecule has 9 amide bonds. The summed E-state index contributed by atoms with van der Waals surface area (Å²) in [4.78, 5) is 153. The van der Waals surface area contributed by atoms with Crippen LogP contribution in [0.4, 0.5) is 5.69 Å². The van der Waals surface area contributed by atoms with Crippen LogP contribution >= 0.6 is 23.1 Å². The number of amides is 9. The molecule has 2 fully saturated rings. The standard InChI is InChI=1S/C51H77N19O13S2/c52-29(9-3-15-59-49(53)54)41(75)65-30(10-4-16-60-50(55)56)45(79)68-18-6-13-36(68)47(81)69-23-27(72)20-37(69)44(78)62-22-39(73)64-32(21-28-8-7-19-84-28)42(76)66-33(25-71)43(77)67-34-26-85-38-14-2-1-12-35(38)70(46(34)80)24-40(74)63-31(48(82)83)11-5-17-61-51(57)58/h1-2,7-8,12,14,19,27,29-34,36-37,71-72H,3-6,9-11,13,15-18,20-26,52H2,(H,62,78)(H,63,74)(H,64,73)(H,65,75)(H,66,76)(H,67,77)(H,82,83)(H4,53,54,59)(H4,55,56,60)(H4,57,58,61)/t27-,29-,30+,31+,32+,33+,34-,36+,37+/m1/s1. The maximum atomic E-state index is 14.3. The molecule has 3 aliphatic rings. The Morgan fingerprint density at radius 3 is 1.96 bits per heavy atom. The SMILES string of the molecule is NC(N)=NCCC[C@@H](N)C(=O)N[C@@H](CCCN=C(N)N)C(=O)N1CCC[C@H]1C(=O)N1C[C@H](O)C[C@H]1C(=O)NCC(=O)N[C@@H](Cc1cccs1)C(=O)N[C@@H](CO)C(=O)N[C@@H]1CSc2ccccc2N(CC(=O)N[C@@H](CCCN=C(N)N)C(=O)O)C1=O. The number of guanidine groups is 3. The Labute approximate surface area is 497 Å². The van der Waals surface area contributed by atoms with E-state index in [1.807, 2.05) is 0 Å². The zero-order chi connectivity index (χ0) is 62.3. The van der Waals surface area contributed by atoms with E-state index in [0.717, 1.165) is 9.80 Å². The zero-order valence-electron chi connectivity index (χ0n) is 46.6. The number of β-amino-alcohol motifs (C(OH)–C–C–N with tert-alkyl or cyclic N) is 1. The second-order valence-corrected chi connectivity index (χ2v) is 22.3. The molecule has 0 radical (unpaired) electrons. The summed E-state index contributed by atoms with van der Waals surface area (Å²) in [5, 5.41) is 47.8. The van der Waals surface area contributed by atoms with Gasteiger partial charge in [0.15, 0.2) is 17.9 Å². The molecule has 9 atom stereocenters. The highest BCUT2D eigenvalue weighted by Gasteiger charge is 2.46. The number of anilines is 1. The molecule has 85 heavy (non-hydrogen) atoms. The predicted molar refractivity (Wildman–Crippen MR) is 313 cm³/mol. The summed E-state index contributed by atoms with van der Waals surface area (Å²) >= 11 is 2.42. The number of aliphatic carboxylic acids is 1. The van der Waals surface area contributed by atoms with Crippen LogP contribution in [0.15, 0.2) is 61.7 Å². The number of likely N-dealkylation sites (tertiary alicyclic amines) is 2. The van der Waals surface area contributed by atoms with Crippen molar-refractivity contribution in [3.8, 4) is 0 Å². The van der Waals surface area contributed by atoms with Crippen molar-refractivity contribution in [3.05, 3.63) is 46.7 Å². The maximum absolute atomic E-state index is 14.3. The number of fused-ring (bicyclic) bond motifs is 1. The maximum Gasteiger partial charge on any atom is 0.326 e. The summed E-state index contributed by atoms with van der Waals surface area (Å²) in [5.74, 6) is -9.02. The summed E-state index contributed by atoms with van der Waals surface area (Å²) in [5.41, 5.74) is 38.8. The number of nitrogens with one attached hydrogen (secondary N) is 6. The molecule has 0 saturated carbocycles. The first-order valence-corrected chi connectivity index (χ1v) is 29.2. The molecule has 1 aromatic carbocycles. The Morgan fingerprint density at radius 2 is 1.34 bits per heavy atom. The molecular formula is C51H77N19O13S2. The third-order valence-corrected chi connectivity index (χ3v) is 15.8. The number of carboxylic acids is 1.